The maximum absolute atomic E-state index is 12.0. The highest BCUT2D eigenvalue weighted by molar-refractivity contribution is 5.87. The van der Waals surface area contributed by atoms with Crippen LogP contribution in [0.4, 0.5) is 4.79 Å². The number of carbonyl (C=O) groups excluding carboxylic acids is 1. The molecule has 108 valence electrons. The summed E-state index contributed by atoms with van der Waals surface area (Å²) >= 11 is 0. The standard InChI is InChI=1S/C14H19N3O3/c15-12-4-6-17(7-5-12)14(20)16-9-10-2-1-3-11(8-10)13(18)19/h1-3,8,12H,4-7,9,15H2,(H,16,20)(H,18,19). The van der Waals surface area contributed by atoms with Gasteiger partial charge in [0.05, 0.1) is 5.56 Å². The number of nitrogens with one attached hydrogen (secondary N) is 1. The monoisotopic (exact) mass is 277 g/mol. The zero-order valence-corrected chi connectivity index (χ0v) is 11.2. The fourth-order valence-electron chi connectivity index (χ4n) is 2.21. The molecule has 20 heavy (non-hydrogen) atoms. The lowest BCUT2D eigenvalue weighted by atomic mass is 10.1. The van der Waals surface area contributed by atoms with E-state index in [-0.39, 0.29) is 17.6 Å². The van der Waals surface area contributed by atoms with E-state index >= 15 is 0 Å². The summed E-state index contributed by atoms with van der Waals surface area (Å²) in [6, 6.07) is 6.61. The van der Waals surface area contributed by atoms with Gasteiger partial charge in [0, 0.05) is 25.7 Å². The Morgan fingerprint density at radius 2 is 2.05 bits per heavy atom. The minimum Gasteiger partial charge on any atom is -0.478 e. The molecule has 0 radical (unpaired) electrons. The van der Waals surface area contributed by atoms with Crippen LogP contribution in [-0.4, -0.2) is 41.1 Å². The second-order valence-electron chi connectivity index (χ2n) is 4.99. The van der Waals surface area contributed by atoms with Crippen LogP contribution in [0.1, 0.15) is 28.8 Å². The highest BCUT2D eigenvalue weighted by atomic mass is 16.4. The molecule has 0 unspecified atom stereocenters. The molecule has 6 heteroatoms. The van der Waals surface area contributed by atoms with Crippen molar-refractivity contribution in [2.45, 2.75) is 25.4 Å². The first-order chi connectivity index (χ1) is 9.56. The molecule has 1 aromatic carbocycles. The van der Waals surface area contributed by atoms with Crippen molar-refractivity contribution in [3.63, 3.8) is 0 Å². The first-order valence-electron chi connectivity index (χ1n) is 6.67. The van der Waals surface area contributed by atoms with Crippen molar-refractivity contribution < 1.29 is 14.7 Å². The van der Waals surface area contributed by atoms with Gasteiger partial charge in [-0.3, -0.25) is 0 Å². The molecule has 0 aromatic heterocycles. The molecule has 0 aliphatic carbocycles. The molecule has 4 N–H and O–H groups in total. The smallest absolute Gasteiger partial charge is 0.335 e. The number of hydrogen-bond acceptors (Lipinski definition) is 3. The molecule has 1 aromatic rings. The van der Waals surface area contributed by atoms with Gasteiger partial charge >= 0.3 is 12.0 Å². The topological polar surface area (TPSA) is 95.7 Å². The van der Waals surface area contributed by atoms with Crippen molar-refractivity contribution in [1.29, 1.82) is 0 Å². The summed E-state index contributed by atoms with van der Waals surface area (Å²) in [5.41, 5.74) is 6.79. The maximum atomic E-state index is 12.0. The van der Waals surface area contributed by atoms with Gasteiger partial charge in [0.2, 0.25) is 0 Å². The maximum Gasteiger partial charge on any atom is 0.335 e. The molecule has 1 aliphatic rings. The lowest BCUT2D eigenvalue weighted by Gasteiger charge is -2.30. The number of nitrogens with two attached hydrogens (primary N) is 1. The van der Waals surface area contributed by atoms with Crippen molar-refractivity contribution in [2.24, 2.45) is 5.73 Å². The average Bonchev–Trinajstić information content (AvgIpc) is 2.46. The van der Waals surface area contributed by atoms with E-state index in [0.29, 0.717) is 19.6 Å². The van der Waals surface area contributed by atoms with Crippen LogP contribution in [0.2, 0.25) is 0 Å². The molecule has 2 rings (SSSR count). The lowest BCUT2D eigenvalue weighted by Crippen LogP contribution is -2.47. The molecule has 1 saturated heterocycles. The van der Waals surface area contributed by atoms with Crippen LogP contribution in [-0.2, 0) is 6.54 Å². The molecule has 0 bridgehead atoms. The molecular formula is C14H19N3O3. The summed E-state index contributed by atoms with van der Waals surface area (Å²) in [6.45, 7) is 1.66. The second-order valence-corrected chi connectivity index (χ2v) is 4.99. The van der Waals surface area contributed by atoms with Gasteiger partial charge in [-0.1, -0.05) is 12.1 Å². The number of carboxylic acids is 1. The molecule has 1 fully saturated rings. The second kappa shape index (κ2) is 6.38. The minimum absolute atomic E-state index is 0.127. The Balaban J connectivity index is 1.87. The summed E-state index contributed by atoms with van der Waals surface area (Å²) in [7, 11) is 0. The van der Waals surface area contributed by atoms with E-state index in [1.54, 1.807) is 23.1 Å². The Morgan fingerprint density at radius 1 is 1.35 bits per heavy atom. The van der Waals surface area contributed by atoms with E-state index in [0.717, 1.165) is 18.4 Å². The third kappa shape index (κ3) is 3.71. The highest BCUT2D eigenvalue weighted by Gasteiger charge is 2.20. The highest BCUT2D eigenvalue weighted by Crippen LogP contribution is 2.09. The SMILES string of the molecule is NC1CCN(C(=O)NCc2cccc(C(=O)O)c2)CC1. The largest absolute Gasteiger partial charge is 0.478 e. The van der Waals surface area contributed by atoms with Crippen molar-refractivity contribution in [3.8, 4) is 0 Å². The number of aromatic carboxylic acids is 1. The van der Waals surface area contributed by atoms with Gasteiger partial charge in [0.15, 0.2) is 0 Å². The van der Waals surface area contributed by atoms with E-state index in [2.05, 4.69) is 5.32 Å². The number of amides is 2. The number of carboxylic acid groups (broad SMARTS) is 1. The average molecular weight is 277 g/mol. The normalized spacial score (nSPS) is 15.9. The molecule has 1 aliphatic heterocycles. The van der Waals surface area contributed by atoms with Crippen LogP contribution < -0.4 is 11.1 Å². The van der Waals surface area contributed by atoms with E-state index in [1.165, 1.54) is 6.07 Å². The third-order valence-electron chi connectivity index (χ3n) is 3.44. The van der Waals surface area contributed by atoms with Gasteiger partial charge in [-0.15, -0.1) is 0 Å². The molecule has 0 saturated carbocycles. The zero-order valence-electron chi connectivity index (χ0n) is 11.2. The van der Waals surface area contributed by atoms with Gasteiger partial charge in [-0.2, -0.15) is 0 Å². The van der Waals surface area contributed by atoms with Gasteiger partial charge < -0.3 is 21.1 Å². The molecular weight excluding hydrogens is 258 g/mol. The summed E-state index contributed by atoms with van der Waals surface area (Å²) < 4.78 is 0. The summed E-state index contributed by atoms with van der Waals surface area (Å²) in [6.07, 6.45) is 1.64. The number of hydrogen-bond donors (Lipinski definition) is 3. The van der Waals surface area contributed by atoms with E-state index in [9.17, 15) is 9.59 Å². The zero-order chi connectivity index (χ0) is 14.5. The van der Waals surface area contributed by atoms with Gasteiger partial charge in [-0.05, 0) is 30.5 Å². The van der Waals surface area contributed by atoms with Crippen LogP contribution >= 0.6 is 0 Å². The predicted octanol–water partition coefficient (Wildman–Crippen LogP) is 1.02. The van der Waals surface area contributed by atoms with E-state index in [1.807, 2.05) is 0 Å². The summed E-state index contributed by atoms with van der Waals surface area (Å²) in [4.78, 5) is 24.6. The van der Waals surface area contributed by atoms with E-state index < -0.39 is 5.97 Å². The van der Waals surface area contributed by atoms with E-state index in [4.69, 9.17) is 10.8 Å². The number of piperidine rings is 1. The molecule has 0 atom stereocenters. The summed E-state index contributed by atoms with van der Waals surface area (Å²) in [5, 5.41) is 11.7. The number of benzene rings is 1. The van der Waals surface area contributed by atoms with Crippen LogP contribution in [0.5, 0.6) is 0 Å². The third-order valence-corrected chi connectivity index (χ3v) is 3.44. The first-order valence-corrected chi connectivity index (χ1v) is 6.67. The lowest BCUT2D eigenvalue weighted by molar-refractivity contribution is 0.0696. The van der Waals surface area contributed by atoms with Gasteiger partial charge in [-0.25, -0.2) is 9.59 Å². The number of nitrogens with zero attached hydrogens (tertiary/aromatic N) is 1. The number of urea groups is 1. The van der Waals surface area contributed by atoms with Crippen molar-refractivity contribution in [1.82, 2.24) is 10.2 Å². The van der Waals surface area contributed by atoms with Crippen LogP contribution in [0.3, 0.4) is 0 Å². The molecule has 6 nitrogen and oxygen atoms in total. The number of carbonyl (C=O) groups is 2. The van der Waals surface area contributed by atoms with Crippen LogP contribution in [0.25, 0.3) is 0 Å². The fraction of sp³-hybridized carbons (Fsp3) is 0.429. The quantitative estimate of drug-likeness (QED) is 0.768. The fourth-order valence-corrected chi connectivity index (χ4v) is 2.21. The Labute approximate surface area is 117 Å². The first kappa shape index (κ1) is 14.3. The van der Waals surface area contributed by atoms with Gasteiger partial charge in [0.1, 0.15) is 0 Å². The van der Waals surface area contributed by atoms with Crippen LogP contribution in [0, 0.1) is 0 Å². The number of likely N-dealkylation sites (tertiary alicyclic amines) is 1. The Morgan fingerprint density at radius 3 is 2.70 bits per heavy atom. The Hall–Kier alpha value is -2.08. The Kier molecular flexibility index (Phi) is 4.57. The molecule has 0 spiro atoms. The van der Waals surface area contributed by atoms with Crippen molar-refractivity contribution in [2.75, 3.05) is 13.1 Å². The van der Waals surface area contributed by atoms with Crippen molar-refractivity contribution in [3.05, 3.63) is 35.4 Å². The number of rotatable bonds is 3. The minimum atomic E-state index is -0.969. The predicted molar refractivity (Wildman–Crippen MR) is 74.4 cm³/mol. The Bertz CT molecular complexity index is 496. The molecule has 2 amide bonds. The summed E-state index contributed by atoms with van der Waals surface area (Å²) in [5.74, 6) is -0.969. The van der Waals surface area contributed by atoms with Crippen LogP contribution in [0.15, 0.2) is 24.3 Å². The molecule has 1 heterocycles. The van der Waals surface area contributed by atoms with Crippen molar-refractivity contribution >= 4 is 12.0 Å². The van der Waals surface area contributed by atoms with Gasteiger partial charge in [0.25, 0.3) is 0 Å².